The molecule has 0 aliphatic rings. The lowest BCUT2D eigenvalue weighted by atomic mass is 10.1. The number of nitrogens with two attached hydrogens (primary N) is 1. The van der Waals surface area contributed by atoms with Crippen molar-refractivity contribution in [3.63, 3.8) is 0 Å². The molecule has 0 unspecified atom stereocenters. The van der Waals surface area contributed by atoms with Crippen molar-refractivity contribution in [3.8, 4) is 0 Å². The van der Waals surface area contributed by atoms with Crippen molar-refractivity contribution in [2.75, 3.05) is 16.4 Å². The van der Waals surface area contributed by atoms with Crippen LogP contribution in [0.25, 0.3) is 0 Å². The molecule has 0 aliphatic heterocycles. The number of aryl methyl sites for hydroxylation is 1. The Morgan fingerprint density at radius 1 is 1.00 bits per heavy atom. The van der Waals surface area contributed by atoms with Gasteiger partial charge in [0.1, 0.15) is 17.8 Å². The molecule has 0 saturated carbocycles. The van der Waals surface area contributed by atoms with Crippen molar-refractivity contribution in [1.82, 2.24) is 9.97 Å². The van der Waals surface area contributed by atoms with Crippen molar-refractivity contribution in [2.24, 2.45) is 0 Å². The fourth-order valence-electron chi connectivity index (χ4n) is 2.27. The van der Waals surface area contributed by atoms with Gasteiger partial charge in [-0.3, -0.25) is 0 Å². The van der Waals surface area contributed by atoms with Crippen LogP contribution in [0.3, 0.4) is 0 Å². The Kier molecular flexibility index (Phi) is 5.00. The van der Waals surface area contributed by atoms with Crippen LogP contribution in [0.15, 0.2) is 48.8 Å². The molecule has 25 heavy (non-hydrogen) atoms. The first-order valence-electron chi connectivity index (χ1n) is 7.75. The first-order valence-corrected chi connectivity index (χ1v) is 8.13. The second-order valence-electron chi connectivity index (χ2n) is 5.41. The highest BCUT2D eigenvalue weighted by Crippen LogP contribution is 2.29. The number of anilines is 5. The third kappa shape index (κ3) is 3.97. The van der Waals surface area contributed by atoms with Gasteiger partial charge >= 0.3 is 0 Å². The minimum absolute atomic E-state index is 0.0204. The molecule has 0 spiro atoms. The number of benzene rings is 2. The Hall–Kier alpha value is -2.86. The van der Waals surface area contributed by atoms with Crippen molar-refractivity contribution < 1.29 is 4.39 Å². The summed E-state index contributed by atoms with van der Waals surface area (Å²) in [7, 11) is 0. The van der Waals surface area contributed by atoms with Crippen molar-refractivity contribution in [2.45, 2.75) is 13.3 Å². The van der Waals surface area contributed by atoms with Crippen LogP contribution >= 0.6 is 11.6 Å². The zero-order valence-electron chi connectivity index (χ0n) is 13.6. The van der Waals surface area contributed by atoms with Crippen LogP contribution in [0.1, 0.15) is 12.5 Å². The minimum atomic E-state index is -0.485. The van der Waals surface area contributed by atoms with E-state index in [0.29, 0.717) is 23.0 Å². The van der Waals surface area contributed by atoms with Crippen molar-refractivity contribution in [3.05, 3.63) is 65.2 Å². The quantitative estimate of drug-likeness (QED) is 0.605. The molecule has 4 N–H and O–H groups in total. The van der Waals surface area contributed by atoms with E-state index in [9.17, 15) is 4.39 Å². The van der Waals surface area contributed by atoms with E-state index in [0.717, 1.165) is 12.1 Å². The van der Waals surface area contributed by atoms with Gasteiger partial charge < -0.3 is 16.4 Å². The van der Waals surface area contributed by atoms with E-state index in [1.54, 1.807) is 6.07 Å². The largest absolute Gasteiger partial charge is 0.393 e. The van der Waals surface area contributed by atoms with Gasteiger partial charge in [0.15, 0.2) is 11.6 Å². The first kappa shape index (κ1) is 17.0. The number of rotatable bonds is 5. The van der Waals surface area contributed by atoms with Gasteiger partial charge in [-0.05, 0) is 42.3 Å². The van der Waals surface area contributed by atoms with Crippen LogP contribution in [-0.2, 0) is 6.42 Å². The maximum atomic E-state index is 13.3. The molecule has 3 rings (SSSR count). The molecule has 2 aromatic carbocycles. The zero-order valence-corrected chi connectivity index (χ0v) is 14.3. The molecular weight excluding hydrogens is 341 g/mol. The van der Waals surface area contributed by atoms with E-state index >= 15 is 0 Å². The average molecular weight is 358 g/mol. The molecule has 5 nitrogen and oxygen atoms in total. The Bertz CT molecular complexity index is 883. The molecule has 0 amide bonds. The van der Waals surface area contributed by atoms with E-state index < -0.39 is 5.82 Å². The van der Waals surface area contributed by atoms with Gasteiger partial charge in [0.25, 0.3) is 0 Å². The van der Waals surface area contributed by atoms with Crippen LogP contribution in [0.4, 0.5) is 33.1 Å². The Balaban J connectivity index is 1.82. The van der Waals surface area contributed by atoms with Crippen LogP contribution in [0.5, 0.6) is 0 Å². The Labute approximate surface area is 150 Å². The Morgan fingerprint density at radius 3 is 2.20 bits per heavy atom. The second kappa shape index (κ2) is 7.36. The van der Waals surface area contributed by atoms with Crippen LogP contribution in [-0.4, -0.2) is 9.97 Å². The Morgan fingerprint density at radius 2 is 1.60 bits per heavy atom. The monoisotopic (exact) mass is 357 g/mol. The molecule has 3 aromatic rings. The molecule has 0 atom stereocenters. The third-order valence-corrected chi connectivity index (χ3v) is 3.98. The lowest BCUT2D eigenvalue weighted by Gasteiger charge is -2.13. The summed E-state index contributed by atoms with van der Waals surface area (Å²) in [6.45, 7) is 2.10. The lowest BCUT2D eigenvalue weighted by Crippen LogP contribution is -2.05. The number of nitrogens with one attached hydrogen (secondary N) is 2. The SMILES string of the molecule is CCc1ccc(Nc2ncnc(Nc3ccc(F)c(Cl)c3)c2N)cc1. The molecule has 1 heterocycles. The topological polar surface area (TPSA) is 75.9 Å². The number of nitrogens with zero attached hydrogens (tertiary/aromatic N) is 2. The third-order valence-electron chi connectivity index (χ3n) is 3.69. The van der Waals surface area contributed by atoms with Gasteiger partial charge in [0.05, 0.1) is 5.02 Å². The molecule has 0 radical (unpaired) electrons. The van der Waals surface area contributed by atoms with E-state index in [1.165, 1.54) is 24.0 Å². The summed E-state index contributed by atoms with van der Waals surface area (Å²) >= 11 is 5.79. The number of aromatic nitrogens is 2. The first-order chi connectivity index (χ1) is 12.1. The summed E-state index contributed by atoms with van der Waals surface area (Å²) in [4.78, 5) is 8.31. The van der Waals surface area contributed by atoms with Crippen molar-refractivity contribution in [1.29, 1.82) is 0 Å². The minimum Gasteiger partial charge on any atom is -0.393 e. The molecule has 0 aliphatic carbocycles. The summed E-state index contributed by atoms with van der Waals surface area (Å²) in [6.07, 6.45) is 2.37. The molecule has 0 saturated heterocycles. The molecular formula is C18H17ClFN5. The summed E-state index contributed by atoms with van der Waals surface area (Å²) < 4.78 is 13.3. The van der Waals surface area contributed by atoms with Crippen molar-refractivity contribution >= 4 is 40.3 Å². The van der Waals surface area contributed by atoms with Gasteiger partial charge in [0.2, 0.25) is 0 Å². The maximum absolute atomic E-state index is 13.3. The van der Waals surface area contributed by atoms with Gasteiger partial charge in [-0.2, -0.15) is 0 Å². The highest BCUT2D eigenvalue weighted by atomic mass is 35.5. The van der Waals surface area contributed by atoms with E-state index in [1.807, 2.05) is 24.3 Å². The highest BCUT2D eigenvalue weighted by molar-refractivity contribution is 6.31. The van der Waals surface area contributed by atoms with Gasteiger partial charge in [0, 0.05) is 11.4 Å². The predicted octanol–water partition coefficient (Wildman–Crippen LogP) is 4.90. The molecule has 7 heteroatoms. The number of hydrogen-bond donors (Lipinski definition) is 3. The summed E-state index contributed by atoms with van der Waals surface area (Å²) in [6, 6.07) is 12.3. The number of halogens is 2. The fraction of sp³-hybridized carbons (Fsp3) is 0.111. The van der Waals surface area contributed by atoms with Crippen LogP contribution in [0, 0.1) is 5.82 Å². The molecule has 1 aromatic heterocycles. The zero-order chi connectivity index (χ0) is 17.8. The summed E-state index contributed by atoms with van der Waals surface area (Å²) in [5.41, 5.74) is 9.19. The summed E-state index contributed by atoms with van der Waals surface area (Å²) in [5, 5.41) is 6.21. The van der Waals surface area contributed by atoms with Crippen LogP contribution in [0.2, 0.25) is 5.02 Å². The summed E-state index contributed by atoms with van der Waals surface area (Å²) in [5.74, 6) is 0.404. The van der Waals surface area contributed by atoms with E-state index in [4.69, 9.17) is 17.3 Å². The van der Waals surface area contributed by atoms with Gasteiger partial charge in [-0.25, -0.2) is 14.4 Å². The van der Waals surface area contributed by atoms with Gasteiger partial charge in [-0.1, -0.05) is 30.7 Å². The molecule has 0 bridgehead atoms. The molecule has 0 fully saturated rings. The van der Waals surface area contributed by atoms with Crippen LogP contribution < -0.4 is 16.4 Å². The number of hydrogen-bond acceptors (Lipinski definition) is 5. The average Bonchev–Trinajstić information content (AvgIpc) is 2.62. The lowest BCUT2D eigenvalue weighted by molar-refractivity contribution is 0.628. The smallest absolute Gasteiger partial charge is 0.159 e. The fourth-order valence-corrected chi connectivity index (χ4v) is 2.45. The normalized spacial score (nSPS) is 10.5. The molecule has 128 valence electrons. The highest BCUT2D eigenvalue weighted by Gasteiger charge is 2.10. The number of nitrogen functional groups attached to an aromatic ring is 1. The predicted molar refractivity (Wildman–Crippen MR) is 100 cm³/mol. The second-order valence-corrected chi connectivity index (χ2v) is 5.82. The van der Waals surface area contributed by atoms with Gasteiger partial charge in [-0.15, -0.1) is 0 Å². The maximum Gasteiger partial charge on any atom is 0.159 e. The van der Waals surface area contributed by atoms with E-state index in [-0.39, 0.29) is 5.02 Å². The van der Waals surface area contributed by atoms with E-state index in [2.05, 4.69) is 27.5 Å². The standard InChI is InChI=1S/C18H17ClFN5/c1-2-11-3-5-12(6-4-11)24-17-16(21)18(23-10-22-17)25-13-7-8-15(20)14(19)9-13/h3-10H,2,21H2,1H3,(H2,22,23,24,25).